The Labute approximate surface area is 177 Å². The maximum atomic E-state index is 13.1. The number of amides is 1. The minimum Gasteiger partial charge on any atom is -0.508 e. The molecule has 1 atom stereocenters. The number of phenols is 1. The molecule has 0 aliphatic carbocycles. The molecule has 0 fully saturated rings. The summed E-state index contributed by atoms with van der Waals surface area (Å²) >= 11 is 6.13. The number of aromatic hydroxyl groups is 1. The van der Waals surface area contributed by atoms with Crippen molar-refractivity contribution in [1.29, 1.82) is 0 Å². The van der Waals surface area contributed by atoms with Crippen molar-refractivity contribution in [1.82, 2.24) is 5.32 Å². The van der Waals surface area contributed by atoms with Crippen LogP contribution in [0.2, 0.25) is 5.02 Å². The van der Waals surface area contributed by atoms with Crippen LogP contribution >= 0.6 is 11.6 Å². The Morgan fingerprint density at radius 1 is 1.00 bits per heavy atom. The summed E-state index contributed by atoms with van der Waals surface area (Å²) in [5.41, 5.74) is 3.64. The summed E-state index contributed by atoms with van der Waals surface area (Å²) in [6.45, 7) is 6.93. The molecule has 0 unspecified atom stereocenters. The number of rotatable bonds is 5. The van der Waals surface area contributed by atoms with Gasteiger partial charge in [0, 0.05) is 17.1 Å². The van der Waals surface area contributed by atoms with E-state index in [2.05, 4.69) is 38.2 Å². The Morgan fingerprint density at radius 3 is 2.28 bits per heavy atom. The molecule has 0 spiro atoms. The van der Waals surface area contributed by atoms with Crippen molar-refractivity contribution in [2.45, 2.75) is 38.6 Å². The fourth-order valence-electron chi connectivity index (χ4n) is 3.29. The van der Waals surface area contributed by atoms with E-state index >= 15 is 0 Å². The van der Waals surface area contributed by atoms with E-state index in [1.165, 1.54) is 11.6 Å². The Hall–Kier alpha value is -2.78. The van der Waals surface area contributed by atoms with Crippen LogP contribution in [0.5, 0.6) is 5.75 Å². The molecule has 3 nitrogen and oxygen atoms in total. The Kier molecular flexibility index (Phi) is 6.29. The first-order valence-corrected chi connectivity index (χ1v) is 10.0. The molecule has 2 N–H and O–H groups in total. The highest BCUT2D eigenvalue weighted by Gasteiger charge is 2.25. The molecule has 29 heavy (non-hydrogen) atoms. The molecule has 0 aromatic heterocycles. The number of carbonyl (C=O) groups is 1. The fourth-order valence-corrected chi connectivity index (χ4v) is 3.47. The van der Waals surface area contributed by atoms with Crippen LogP contribution in [0.1, 0.15) is 48.9 Å². The van der Waals surface area contributed by atoms with Gasteiger partial charge < -0.3 is 10.4 Å². The van der Waals surface area contributed by atoms with Crippen molar-refractivity contribution in [3.8, 4) is 5.75 Å². The van der Waals surface area contributed by atoms with Gasteiger partial charge >= 0.3 is 0 Å². The molecule has 0 saturated heterocycles. The van der Waals surface area contributed by atoms with Crippen LogP contribution in [-0.2, 0) is 16.8 Å². The van der Waals surface area contributed by atoms with E-state index in [-0.39, 0.29) is 17.1 Å². The Morgan fingerprint density at radius 2 is 1.66 bits per heavy atom. The van der Waals surface area contributed by atoms with E-state index < -0.39 is 5.92 Å². The number of hydrogen-bond acceptors (Lipinski definition) is 2. The van der Waals surface area contributed by atoms with Crippen LogP contribution in [0.25, 0.3) is 0 Å². The van der Waals surface area contributed by atoms with Gasteiger partial charge in [0.25, 0.3) is 0 Å². The van der Waals surface area contributed by atoms with E-state index in [4.69, 9.17) is 11.6 Å². The lowest BCUT2D eigenvalue weighted by atomic mass is 9.86. The molecule has 0 heterocycles. The maximum Gasteiger partial charge on any atom is 0.232 e. The average molecular weight is 408 g/mol. The number of hydrogen-bond donors (Lipinski definition) is 2. The molecule has 1 amide bonds. The summed E-state index contributed by atoms with van der Waals surface area (Å²) in [6, 6.07) is 22.4. The van der Waals surface area contributed by atoms with Gasteiger partial charge in [0.2, 0.25) is 5.91 Å². The van der Waals surface area contributed by atoms with Crippen molar-refractivity contribution >= 4 is 17.5 Å². The van der Waals surface area contributed by atoms with Gasteiger partial charge in [-0.2, -0.15) is 0 Å². The lowest BCUT2D eigenvalue weighted by Crippen LogP contribution is -2.29. The molecule has 0 aliphatic heterocycles. The molecule has 3 rings (SSSR count). The summed E-state index contributed by atoms with van der Waals surface area (Å²) in [7, 11) is 0. The van der Waals surface area contributed by atoms with Crippen LogP contribution in [0.4, 0.5) is 0 Å². The molecular formula is C25H26ClNO2. The van der Waals surface area contributed by atoms with Gasteiger partial charge in [0.15, 0.2) is 0 Å². The van der Waals surface area contributed by atoms with Gasteiger partial charge in [-0.05, 0) is 40.3 Å². The molecule has 0 aliphatic rings. The number of carbonyl (C=O) groups excluding carboxylic acids is 1. The first-order valence-electron chi connectivity index (χ1n) is 9.66. The molecule has 3 aromatic carbocycles. The molecule has 0 saturated carbocycles. The monoisotopic (exact) mass is 407 g/mol. The van der Waals surface area contributed by atoms with E-state index in [1.807, 2.05) is 42.5 Å². The van der Waals surface area contributed by atoms with Crippen LogP contribution in [0.15, 0.2) is 72.8 Å². The SMILES string of the molecule is CC(C)(C)c1ccc(CNC(=O)[C@H](c2ccccc2)c2cc(Cl)ccc2O)cc1. The normalized spacial score (nSPS) is 12.4. The molecule has 150 valence electrons. The number of phenolic OH excluding ortho intramolecular Hbond substituents is 1. The zero-order valence-electron chi connectivity index (χ0n) is 16.9. The summed E-state index contributed by atoms with van der Waals surface area (Å²) in [6.07, 6.45) is 0. The second-order valence-corrected chi connectivity index (χ2v) is 8.65. The highest BCUT2D eigenvalue weighted by atomic mass is 35.5. The standard InChI is InChI=1S/C25H26ClNO2/c1-25(2,3)19-11-9-17(10-12-19)16-27-24(29)23(18-7-5-4-6-8-18)21-15-20(26)13-14-22(21)28/h4-15,23,28H,16H2,1-3H3,(H,27,29)/t23-/m1/s1. The number of benzene rings is 3. The smallest absolute Gasteiger partial charge is 0.232 e. The summed E-state index contributed by atoms with van der Waals surface area (Å²) in [5.74, 6) is -0.787. The van der Waals surface area contributed by atoms with Gasteiger partial charge in [-0.25, -0.2) is 0 Å². The largest absolute Gasteiger partial charge is 0.508 e. The lowest BCUT2D eigenvalue weighted by Gasteiger charge is -2.20. The summed E-state index contributed by atoms with van der Waals surface area (Å²) in [5, 5.41) is 13.9. The Balaban J connectivity index is 1.83. The second kappa shape index (κ2) is 8.71. The third kappa shape index (κ3) is 5.18. The van der Waals surface area contributed by atoms with E-state index in [0.29, 0.717) is 17.1 Å². The third-order valence-electron chi connectivity index (χ3n) is 4.98. The predicted octanol–water partition coefficient (Wildman–Crippen LogP) is 5.79. The maximum absolute atomic E-state index is 13.1. The predicted molar refractivity (Wildman–Crippen MR) is 118 cm³/mol. The number of nitrogens with one attached hydrogen (secondary N) is 1. The Bertz CT molecular complexity index is 976. The van der Waals surface area contributed by atoms with Crippen molar-refractivity contribution < 1.29 is 9.90 Å². The minimum absolute atomic E-state index is 0.0490. The fraction of sp³-hybridized carbons (Fsp3) is 0.240. The highest BCUT2D eigenvalue weighted by molar-refractivity contribution is 6.30. The highest BCUT2D eigenvalue weighted by Crippen LogP contribution is 2.33. The molecule has 4 heteroatoms. The second-order valence-electron chi connectivity index (χ2n) is 8.21. The van der Waals surface area contributed by atoms with Crippen LogP contribution in [0.3, 0.4) is 0 Å². The molecule has 0 radical (unpaired) electrons. The molecule has 0 bridgehead atoms. The third-order valence-corrected chi connectivity index (χ3v) is 5.22. The van der Waals surface area contributed by atoms with Crippen LogP contribution in [-0.4, -0.2) is 11.0 Å². The zero-order chi connectivity index (χ0) is 21.0. The van der Waals surface area contributed by atoms with E-state index in [9.17, 15) is 9.90 Å². The van der Waals surface area contributed by atoms with Crippen molar-refractivity contribution in [2.24, 2.45) is 0 Å². The topological polar surface area (TPSA) is 49.3 Å². The summed E-state index contributed by atoms with van der Waals surface area (Å²) < 4.78 is 0. The van der Waals surface area contributed by atoms with Gasteiger partial charge in [0.1, 0.15) is 5.75 Å². The van der Waals surface area contributed by atoms with Gasteiger partial charge in [-0.3, -0.25) is 4.79 Å². The lowest BCUT2D eigenvalue weighted by molar-refractivity contribution is -0.121. The first-order chi connectivity index (χ1) is 13.8. The minimum atomic E-state index is -0.649. The first kappa shape index (κ1) is 20.9. The van der Waals surface area contributed by atoms with Crippen molar-refractivity contribution in [3.63, 3.8) is 0 Å². The summed E-state index contributed by atoms with van der Waals surface area (Å²) in [4.78, 5) is 13.1. The quantitative estimate of drug-likeness (QED) is 0.562. The number of halogens is 1. The van der Waals surface area contributed by atoms with Gasteiger partial charge in [-0.1, -0.05) is 87.0 Å². The van der Waals surface area contributed by atoms with Crippen LogP contribution in [0, 0.1) is 0 Å². The average Bonchev–Trinajstić information content (AvgIpc) is 2.70. The van der Waals surface area contributed by atoms with Crippen molar-refractivity contribution in [2.75, 3.05) is 0 Å². The van der Waals surface area contributed by atoms with E-state index in [0.717, 1.165) is 11.1 Å². The van der Waals surface area contributed by atoms with Crippen molar-refractivity contribution in [3.05, 3.63) is 100 Å². The molecule has 3 aromatic rings. The van der Waals surface area contributed by atoms with E-state index in [1.54, 1.807) is 12.1 Å². The van der Waals surface area contributed by atoms with Gasteiger partial charge in [-0.15, -0.1) is 0 Å². The molecular weight excluding hydrogens is 382 g/mol. The van der Waals surface area contributed by atoms with Crippen LogP contribution < -0.4 is 5.32 Å². The van der Waals surface area contributed by atoms with Gasteiger partial charge in [0.05, 0.1) is 5.92 Å². The zero-order valence-corrected chi connectivity index (χ0v) is 17.7.